The van der Waals surface area contributed by atoms with Gasteiger partial charge in [0.1, 0.15) is 12.4 Å². The minimum Gasteiger partial charge on any atom is -0.489 e. The Morgan fingerprint density at radius 2 is 1.73 bits per heavy atom. The third kappa shape index (κ3) is 5.97. The van der Waals surface area contributed by atoms with Gasteiger partial charge >= 0.3 is 0 Å². The number of benzene rings is 2. The van der Waals surface area contributed by atoms with Crippen LogP contribution in [0.2, 0.25) is 0 Å². The molecule has 3 rings (SSSR count). The number of carbonyl (C=O) groups excluding carboxylic acids is 1. The summed E-state index contributed by atoms with van der Waals surface area (Å²) in [6.45, 7) is 11.2. The Bertz CT molecular complexity index is 851. The van der Waals surface area contributed by atoms with E-state index in [2.05, 4.69) is 39.0 Å². The van der Waals surface area contributed by atoms with Crippen LogP contribution in [0.3, 0.4) is 0 Å². The minimum absolute atomic E-state index is 0.0987. The Labute approximate surface area is 183 Å². The summed E-state index contributed by atoms with van der Waals surface area (Å²) in [6.07, 6.45) is 7.90. The standard InChI is InChI=1S/C28H38O2/c1-20-8-6-10-24(27(20)21(2)29)19-30-26-11-7-9-23(18-26)13-12-22-14-16-25(17-15-22)28(3,4)5/h6-11,18,22,25H,12-17,19H2,1-5H3. The number of hydrogen-bond donors (Lipinski definition) is 0. The molecule has 0 aromatic heterocycles. The Kier molecular flexibility index (Phi) is 7.39. The Morgan fingerprint density at radius 1 is 1.03 bits per heavy atom. The molecule has 1 aliphatic rings. The summed E-state index contributed by atoms with van der Waals surface area (Å²) >= 11 is 0. The summed E-state index contributed by atoms with van der Waals surface area (Å²) in [7, 11) is 0. The summed E-state index contributed by atoms with van der Waals surface area (Å²) in [6, 6.07) is 14.4. The van der Waals surface area contributed by atoms with Gasteiger partial charge in [-0.05, 0) is 80.0 Å². The van der Waals surface area contributed by atoms with Crippen molar-refractivity contribution in [2.45, 2.75) is 79.8 Å². The normalized spacial score (nSPS) is 19.5. The second kappa shape index (κ2) is 9.81. The van der Waals surface area contributed by atoms with Crippen LogP contribution in [-0.4, -0.2) is 5.78 Å². The van der Waals surface area contributed by atoms with Gasteiger partial charge in [0, 0.05) is 11.1 Å². The van der Waals surface area contributed by atoms with Crippen molar-refractivity contribution in [3.05, 3.63) is 64.7 Å². The third-order valence-electron chi connectivity index (χ3n) is 6.92. The van der Waals surface area contributed by atoms with Crippen LogP contribution in [0.4, 0.5) is 0 Å². The number of aryl methyl sites for hydroxylation is 2. The Hall–Kier alpha value is -2.09. The van der Waals surface area contributed by atoms with E-state index in [9.17, 15) is 4.79 Å². The fourth-order valence-electron chi connectivity index (χ4n) is 4.99. The molecule has 1 aliphatic carbocycles. The van der Waals surface area contributed by atoms with E-state index < -0.39 is 0 Å². The number of Topliss-reactive ketones (excluding diaryl/α,β-unsaturated/α-hetero) is 1. The molecule has 0 spiro atoms. The van der Waals surface area contributed by atoms with Gasteiger partial charge in [0.2, 0.25) is 0 Å². The van der Waals surface area contributed by atoms with Gasteiger partial charge in [-0.2, -0.15) is 0 Å². The Balaban J connectivity index is 1.54. The first-order valence-corrected chi connectivity index (χ1v) is 11.5. The maximum Gasteiger partial charge on any atom is 0.160 e. The maximum absolute atomic E-state index is 12.0. The SMILES string of the molecule is CC(=O)c1c(C)cccc1COc1cccc(CCC2CCC(C(C)(C)C)CC2)c1. The lowest BCUT2D eigenvalue weighted by Crippen LogP contribution is -2.26. The molecule has 0 heterocycles. The van der Waals surface area contributed by atoms with E-state index in [1.807, 2.05) is 31.2 Å². The molecule has 0 radical (unpaired) electrons. The Morgan fingerprint density at radius 3 is 2.40 bits per heavy atom. The number of ketones is 1. The van der Waals surface area contributed by atoms with Crippen LogP contribution < -0.4 is 4.74 Å². The monoisotopic (exact) mass is 406 g/mol. The number of ether oxygens (including phenoxy) is 1. The molecule has 0 N–H and O–H groups in total. The van der Waals surface area contributed by atoms with Crippen molar-refractivity contribution in [2.75, 3.05) is 0 Å². The highest BCUT2D eigenvalue weighted by molar-refractivity contribution is 5.96. The van der Waals surface area contributed by atoms with Crippen LogP contribution in [0.15, 0.2) is 42.5 Å². The maximum atomic E-state index is 12.0. The van der Waals surface area contributed by atoms with Crippen LogP contribution >= 0.6 is 0 Å². The van der Waals surface area contributed by atoms with Crippen molar-refractivity contribution in [2.24, 2.45) is 17.3 Å². The summed E-state index contributed by atoms with van der Waals surface area (Å²) in [5.74, 6) is 2.73. The highest BCUT2D eigenvalue weighted by atomic mass is 16.5. The molecule has 0 saturated heterocycles. The first kappa shape index (κ1) is 22.6. The molecule has 0 atom stereocenters. The molecule has 1 fully saturated rings. The molecule has 0 aliphatic heterocycles. The van der Waals surface area contributed by atoms with Crippen LogP contribution in [0, 0.1) is 24.2 Å². The van der Waals surface area contributed by atoms with E-state index in [0.717, 1.165) is 40.7 Å². The van der Waals surface area contributed by atoms with Crippen LogP contribution in [0.5, 0.6) is 5.75 Å². The van der Waals surface area contributed by atoms with E-state index in [1.54, 1.807) is 6.92 Å². The van der Waals surface area contributed by atoms with Crippen molar-refractivity contribution >= 4 is 5.78 Å². The van der Waals surface area contributed by atoms with Crippen molar-refractivity contribution in [1.29, 1.82) is 0 Å². The molecular weight excluding hydrogens is 368 g/mol. The zero-order valence-corrected chi connectivity index (χ0v) is 19.5. The number of hydrogen-bond acceptors (Lipinski definition) is 2. The molecule has 162 valence electrons. The molecular formula is C28H38O2. The van der Waals surface area contributed by atoms with Crippen molar-refractivity contribution in [3.8, 4) is 5.75 Å². The fraction of sp³-hybridized carbons (Fsp3) is 0.536. The van der Waals surface area contributed by atoms with E-state index in [1.165, 1.54) is 37.7 Å². The zero-order valence-electron chi connectivity index (χ0n) is 19.5. The van der Waals surface area contributed by atoms with Gasteiger partial charge in [-0.3, -0.25) is 4.79 Å². The van der Waals surface area contributed by atoms with Crippen molar-refractivity contribution < 1.29 is 9.53 Å². The molecule has 30 heavy (non-hydrogen) atoms. The molecule has 0 bridgehead atoms. The van der Waals surface area contributed by atoms with Gasteiger partial charge in [0.05, 0.1) is 0 Å². The second-order valence-corrected chi connectivity index (χ2v) is 10.2. The fourth-order valence-corrected chi connectivity index (χ4v) is 4.99. The van der Waals surface area contributed by atoms with Gasteiger partial charge in [0.15, 0.2) is 5.78 Å². The lowest BCUT2D eigenvalue weighted by Gasteiger charge is -2.37. The molecule has 2 aromatic carbocycles. The molecule has 1 saturated carbocycles. The predicted molar refractivity (Wildman–Crippen MR) is 125 cm³/mol. The molecule has 0 unspecified atom stereocenters. The van der Waals surface area contributed by atoms with Gasteiger partial charge in [-0.1, -0.05) is 63.9 Å². The quantitative estimate of drug-likeness (QED) is 0.443. The van der Waals surface area contributed by atoms with E-state index in [4.69, 9.17) is 4.74 Å². The highest BCUT2D eigenvalue weighted by Gasteiger charge is 2.29. The largest absolute Gasteiger partial charge is 0.489 e. The molecule has 2 nitrogen and oxygen atoms in total. The summed E-state index contributed by atoms with van der Waals surface area (Å²) < 4.78 is 6.07. The summed E-state index contributed by atoms with van der Waals surface area (Å²) in [5, 5.41) is 0. The number of carbonyl (C=O) groups is 1. The highest BCUT2D eigenvalue weighted by Crippen LogP contribution is 2.41. The van der Waals surface area contributed by atoms with Gasteiger partial charge in [-0.15, -0.1) is 0 Å². The van der Waals surface area contributed by atoms with E-state index in [-0.39, 0.29) is 5.78 Å². The van der Waals surface area contributed by atoms with Gasteiger partial charge in [0.25, 0.3) is 0 Å². The number of rotatable bonds is 7. The molecule has 2 heteroatoms. The first-order valence-electron chi connectivity index (χ1n) is 11.5. The minimum atomic E-state index is 0.0987. The topological polar surface area (TPSA) is 26.3 Å². The second-order valence-electron chi connectivity index (χ2n) is 10.2. The van der Waals surface area contributed by atoms with Crippen LogP contribution in [-0.2, 0) is 13.0 Å². The average molecular weight is 407 g/mol. The first-order chi connectivity index (χ1) is 14.2. The zero-order chi connectivity index (χ0) is 21.7. The lowest BCUT2D eigenvalue weighted by atomic mass is 9.69. The van der Waals surface area contributed by atoms with Gasteiger partial charge in [-0.25, -0.2) is 0 Å². The molecule has 0 amide bonds. The van der Waals surface area contributed by atoms with Crippen LogP contribution in [0.1, 0.15) is 86.8 Å². The van der Waals surface area contributed by atoms with E-state index >= 15 is 0 Å². The predicted octanol–water partition coefficient (Wildman–Crippen LogP) is 7.56. The average Bonchev–Trinajstić information content (AvgIpc) is 2.70. The summed E-state index contributed by atoms with van der Waals surface area (Å²) in [5.41, 5.74) is 4.57. The van der Waals surface area contributed by atoms with Crippen LogP contribution in [0.25, 0.3) is 0 Å². The summed E-state index contributed by atoms with van der Waals surface area (Å²) in [4.78, 5) is 12.0. The van der Waals surface area contributed by atoms with Crippen molar-refractivity contribution in [1.82, 2.24) is 0 Å². The van der Waals surface area contributed by atoms with E-state index in [0.29, 0.717) is 12.0 Å². The molecule has 2 aromatic rings. The third-order valence-corrected chi connectivity index (χ3v) is 6.92. The smallest absolute Gasteiger partial charge is 0.160 e. The van der Waals surface area contributed by atoms with Crippen molar-refractivity contribution in [3.63, 3.8) is 0 Å². The lowest BCUT2D eigenvalue weighted by molar-refractivity contribution is 0.101. The van der Waals surface area contributed by atoms with Gasteiger partial charge < -0.3 is 4.74 Å².